The van der Waals surface area contributed by atoms with Crippen molar-refractivity contribution in [1.82, 2.24) is 4.90 Å². The summed E-state index contributed by atoms with van der Waals surface area (Å²) in [6.07, 6.45) is 5.26. The monoisotopic (exact) mass is 293 g/mol. The Morgan fingerprint density at radius 3 is 2.71 bits per heavy atom. The van der Waals surface area contributed by atoms with Crippen molar-refractivity contribution in [1.29, 1.82) is 0 Å². The summed E-state index contributed by atoms with van der Waals surface area (Å²) >= 11 is 0. The molecule has 1 saturated carbocycles. The van der Waals surface area contributed by atoms with Gasteiger partial charge in [-0.1, -0.05) is 12.2 Å². The summed E-state index contributed by atoms with van der Waals surface area (Å²) in [5, 5.41) is 0. The Hall–Kier alpha value is -1.46. The fraction of sp³-hybridized carbons (Fsp3) is 0.625. The number of carbonyl (C=O) groups excluding carboxylic acids is 2. The average molecular weight is 293 g/mol. The SMILES string of the molecule is C=CCN(CC=C)[C@@H](C[C@H]1CCC(=O)[C@@H]2O[C@H]12)C(=O)OC. The van der Waals surface area contributed by atoms with Gasteiger partial charge in [0, 0.05) is 19.5 Å². The number of hydrogen-bond acceptors (Lipinski definition) is 5. The van der Waals surface area contributed by atoms with Crippen molar-refractivity contribution < 1.29 is 19.1 Å². The van der Waals surface area contributed by atoms with E-state index in [1.165, 1.54) is 7.11 Å². The first-order chi connectivity index (χ1) is 10.1. The van der Waals surface area contributed by atoms with Gasteiger partial charge >= 0.3 is 5.97 Å². The highest BCUT2D eigenvalue weighted by atomic mass is 16.6. The maximum Gasteiger partial charge on any atom is 0.323 e. The van der Waals surface area contributed by atoms with Crippen LogP contribution >= 0.6 is 0 Å². The fourth-order valence-electron chi connectivity index (χ4n) is 3.11. The Labute approximate surface area is 125 Å². The number of nitrogens with zero attached hydrogens (tertiary/aromatic N) is 1. The standard InChI is InChI=1S/C16H23NO4/c1-4-8-17(9-5-2)12(16(19)20-3)10-11-6-7-13(18)15-14(11)21-15/h4-5,11-12,14-15H,1-2,6-10H2,3H3/t11-,12+,14-,15+/m1/s1. The quantitative estimate of drug-likeness (QED) is 0.384. The molecule has 0 amide bonds. The van der Waals surface area contributed by atoms with Gasteiger partial charge in [0.1, 0.15) is 12.1 Å². The molecule has 21 heavy (non-hydrogen) atoms. The molecule has 0 spiro atoms. The molecule has 0 radical (unpaired) electrons. The van der Waals surface area contributed by atoms with E-state index in [0.29, 0.717) is 25.9 Å². The van der Waals surface area contributed by atoms with Crippen LogP contribution in [0.1, 0.15) is 19.3 Å². The minimum absolute atomic E-state index is 0.00674. The Morgan fingerprint density at radius 2 is 2.14 bits per heavy atom. The van der Waals surface area contributed by atoms with Crippen LogP contribution in [0.2, 0.25) is 0 Å². The van der Waals surface area contributed by atoms with E-state index >= 15 is 0 Å². The predicted molar refractivity (Wildman–Crippen MR) is 78.8 cm³/mol. The molecule has 0 N–H and O–H groups in total. The topological polar surface area (TPSA) is 59.1 Å². The van der Waals surface area contributed by atoms with Crippen LogP contribution in [0.3, 0.4) is 0 Å². The van der Waals surface area contributed by atoms with Crippen LogP contribution in [0.25, 0.3) is 0 Å². The second-order valence-electron chi connectivity index (χ2n) is 5.59. The fourth-order valence-corrected chi connectivity index (χ4v) is 3.11. The first-order valence-corrected chi connectivity index (χ1v) is 7.34. The summed E-state index contributed by atoms with van der Waals surface area (Å²) in [7, 11) is 1.40. The Balaban J connectivity index is 2.05. The molecule has 0 aromatic carbocycles. The minimum Gasteiger partial charge on any atom is -0.468 e. The van der Waals surface area contributed by atoms with Crippen LogP contribution in [0.15, 0.2) is 25.3 Å². The number of ether oxygens (including phenoxy) is 2. The number of esters is 1. The van der Waals surface area contributed by atoms with Crippen LogP contribution in [0, 0.1) is 5.92 Å². The van der Waals surface area contributed by atoms with Gasteiger partial charge in [0.2, 0.25) is 0 Å². The number of methoxy groups -OCH3 is 1. The lowest BCUT2D eigenvalue weighted by atomic mass is 9.83. The van der Waals surface area contributed by atoms with Crippen LogP contribution in [-0.4, -0.2) is 55.1 Å². The molecule has 2 rings (SSSR count). The maximum absolute atomic E-state index is 12.1. The van der Waals surface area contributed by atoms with E-state index < -0.39 is 0 Å². The smallest absolute Gasteiger partial charge is 0.323 e. The molecule has 116 valence electrons. The summed E-state index contributed by atoms with van der Waals surface area (Å²) in [6.45, 7) is 8.64. The molecule has 0 unspecified atom stereocenters. The van der Waals surface area contributed by atoms with E-state index in [0.717, 1.165) is 6.42 Å². The molecule has 0 aromatic heterocycles. The highest BCUT2D eigenvalue weighted by Crippen LogP contribution is 2.41. The normalized spacial score (nSPS) is 28.7. The van der Waals surface area contributed by atoms with E-state index in [2.05, 4.69) is 13.2 Å². The molecule has 1 saturated heterocycles. The number of fused-ring (bicyclic) bond motifs is 1. The highest BCUT2D eigenvalue weighted by Gasteiger charge is 2.53. The zero-order valence-electron chi connectivity index (χ0n) is 12.5. The third-order valence-corrected chi connectivity index (χ3v) is 4.24. The molecule has 1 aliphatic carbocycles. The van der Waals surface area contributed by atoms with Gasteiger partial charge in [0.25, 0.3) is 0 Å². The number of ketones is 1. The van der Waals surface area contributed by atoms with Gasteiger partial charge in [0.15, 0.2) is 5.78 Å². The molecule has 1 heterocycles. The lowest BCUT2D eigenvalue weighted by Crippen LogP contribution is -2.44. The summed E-state index contributed by atoms with van der Waals surface area (Å²) in [5.74, 6) is 0.168. The minimum atomic E-state index is -0.353. The number of hydrogen-bond donors (Lipinski definition) is 0. The van der Waals surface area contributed by atoms with E-state index in [9.17, 15) is 9.59 Å². The molecule has 0 aromatic rings. The third kappa shape index (κ3) is 3.60. The van der Waals surface area contributed by atoms with Crippen molar-refractivity contribution in [2.75, 3.05) is 20.2 Å². The van der Waals surface area contributed by atoms with Crippen LogP contribution in [0.4, 0.5) is 0 Å². The van der Waals surface area contributed by atoms with E-state index in [1.54, 1.807) is 12.2 Å². The van der Waals surface area contributed by atoms with Gasteiger partial charge in [0.05, 0.1) is 13.2 Å². The predicted octanol–water partition coefficient (Wildman–Crippen LogP) is 1.34. The second kappa shape index (κ2) is 7.00. The Morgan fingerprint density at radius 1 is 1.48 bits per heavy atom. The number of rotatable bonds is 8. The van der Waals surface area contributed by atoms with E-state index in [4.69, 9.17) is 9.47 Å². The first kappa shape index (κ1) is 15.9. The molecule has 1 aliphatic heterocycles. The van der Waals surface area contributed by atoms with Crippen molar-refractivity contribution in [2.24, 2.45) is 5.92 Å². The zero-order valence-corrected chi connectivity index (χ0v) is 12.5. The third-order valence-electron chi connectivity index (χ3n) is 4.24. The van der Waals surface area contributed by atoms with Crippen LogP contribution in [-0.2, 0) is 19.1 Å². The highest BCUT2D eigenvalue weighted by molar-refractivity contribution is 5.87. The van der Waals surface area contributed by atoms with Crippen molar-refractivity contribution in [3.63, 3.8) is 0 Å². The lowest BCUT2D eigenvalue weighted by molar-refractivity contribution is -0.147. The molecule has 4 atom stereocenters. The first-order valence-electron chi connectivity index (χ1n) is 7.34. The lowest BCUT2D eigenvalue weighted by Gasteiger charge is -2.31. The second-order valence-corrected chi connectivity index (χ2v) is 5.59. The van der Waals surface area contributed by atoms with Crippen molar-refractivity contribution in [2.45, 2.75) is 37.5 Å². The van der Waals surface area contributed by atoms with Crippen molar-refractivity contribution in [3.8, 4) is 0 Å². The van der Waals surface area contributed by atoms with Crippen molar-refractivity contribution in [3.05, 3.63) is 25.3 Å². The average Bonchev–Trinajstić information content (AvgIpc) is 3.27. The molecule has 2 aliphatic rings. The van der Waals surface area contributed by atoms with Gasteiger partial charge in [-0.25, -0.2) is 0 Å². The number of carbonyl (C=O) groups is 2. The van der Waals surface area contributed by atoms with Crippen LogP contribution in [0.5, 0.6) is 0 Å². The van der Waals surface area contributed by atoms with Gasteiger partial charge < -0.3 is 9.47 Å². The van der Waals surface area contributed by atoms with E-state index in [1.807, 2.05) is 4.90 Å². The molecular formula is C16H23NO4. The molecular weight excluding hydrogens is 270 g/mol. The van der Waals surface area contributed by atoms with Gasteiger partial charge in [-0.05, 0) is 18.8 Å². The molecule has 5 heteroatoms. The Kier molecular flexibility index (Phi) is 5.31. The molecule has 2 fully saturated rings. The summed E-state index contributed by atoms with van der Waals surface area (Å²) < 4.78 is 10.4. The van der Waals surface area contributed by atoms with Crippen LogP contribution < -0.4 is 0 Å². The number of epoxide rings is 1. The van der Waals surface area contributed by atoms with Gasteiger partial charge in [-0.2, -0.15) is 0 Å². The summed E-state index contributed by atoms with van der Waals surface area (Å²) in [6, 6.07) is -0.353. The molecule has 5 nitrogen and oxygen atoms in total. The maximum atomic E-state index is 12.1. The zero-order chi connectivity index (χ0) is 15.4. The van der Waals surface area contributed by atoms with Crippen molar-refractivity contribution >= 4 is 11.8 Å². The Bertz CT molecular complexity index is 424. The number of Topliss-reactive ketones (excluding diaryl/α,β-unsaturated/α-hetero) is 1. The van der Waals surface area contributed by atoms with Gasteiger partial charge in [-0.3, -0.25) is 14.5 Å². The summed E-state index contributed by atoms with van der Waals surface area (Å²) in [4.78, 5) is 25.6. The van der Waals surface area contributed by atoms with Gasteiger partial charge in [-0.15, -0.1) is 13.2 Å². The molecule has 0 bridgehead atoms. The summed E-state index contributed by atoms with van der Waals surface area (Å²) in [5.41, 5.74) is 0. The largest absolute Gasteiger partial charge is 0.468 e. The van der Waals surface area contributed by atoms with E-state index in [-0.39, 0.29) is 35.9 Å².